The molecule has 0 atom stereocenters. The topological polar surface area (TPSA) is 89.9 Å². The Kier molecular flexibility index (Phi) is 24.1. The maximum absolute atomic E-state index is 12.9. The third-order valence-corrected chi connectivity index (χ3v) is 7.87. The van der Waals surface area contributed by atoms with E-state index in [0.29, 0.717) is 5.56 Å². The normalized spacial score (nSPS) is 10.8. The fourth-order valence-corrected chi connectivity index (χ4v) is 5.11. The molecule has 244 valence electrons. The highest BCUT2D eigenvalue weighted by Gasteiger charge is 2.21. The molecule has 0 aliphatic carbocycles. The average molecular weight is 601 g/mol. The molecule has 1 N–H and O–H groups in total. The van der Waals surface area contributed by atoms with E-state index in [2.05, 4.69) is 13.8 Å². The van der Waals surface area contributed by atoms with Gasteiger partial charge in [-0.25, -0.2) is 14.4 Å². The van der Waals surface area contributed by atoms with Crippen LogP contribution in [-0.2, 0) is 19.1 Å². The highest BCUT2D eigenvalue weighted by atomic mass is 16.6. The number of carbonyl (C=O) groups is 3. The molecule has 6 heteroatoms. The lowest BCUT2D eigenvalue weighted by Gasteiger charge is -2.10. The lowest BCUT2D eigenvalue weighted by atomic mass is 10.1. The predicted molar refractivity (Wildman–Crippen MR) is 176 cm³/mol. The Morgan fingerprint density at radius 3 is 1.19 bits per heavy atom. The number of carboxylic acid groups (broad SMARTS) is 1. The van der Waals surface area contributed by atoms with Crippen LogP contribution in [0.3, 0.4) is 0 Å². The first-order valence-corrected chi connectivity index (χ1v) is 17.4. The third-order valence-electron chi connectivity index (χ3n) is 7.87. The van der Waals surface area contributed by atoms with E-state index in [9.17, 15) is 14.4 Å². The molecular weight excluding hydrogens is 540 g/mol. The van der Waals surface area contributed by atoms with Gasteiger partial charge in [0, 0.05) is 0 Å². The van der Waals surface area contributed by atoms with Crippen LogP contribution in [0.2, 0.25) is 0 Å². The summed E-state index contributed by atoms with van der Waals surface area (Å²) >= 11 is 0. The van der Waals surface area contributed by atoms with E-state index in [-0.39, 0.29) is 24.4 Å². The predicted octanol–water partition coefficient (Wildman–Crippen LogP) is 10.5. The molecule has 0 aliphatic rings. The van der Waals surface area contributed by atoms with Crippen LogP contribution in [0.5, 0.6) is 0 Å². The van der Waals surface area contributed by atoms with Crippen LogP contribution in [0.4, 0.5) is 0 Å². The third kappa shape index (κ3) is 20.8. The Bertz CT molecular complexity index is 847. The summed E-state index contributed by atoms with van der Waals surface area (Å²) in [5.41, 5.74) is 0.518. The Morgan fingerprint density at radius 1 is 0.535 bits per heavy atom. The average Bonchev–Trinajstić information content (AvgIpc) is 3.01. The molecule has 6 nitrogen and oxygen atoms in total. The van der Waals surface area contributed by atoms with Crippen LogP contribution < -0.4 is 0 Å². The van der Waals surface area contributed by atoms with E-state index < -0.39 is 17.9 Å². The molecule has 0 radical (unpaired) electrons. The second-order valence-electron chi connectivity index (χ2n) is 11.8. The van der Waals surface area contributed by atoms with Gasteiger partial charge in [-0.15, -0.1) is 0 Å². The van der Waals surface area contributed by atoms with Crippen molar-refractivity contribution in [3.05, 3.63) is 41.0 Å². The van der Waals surface area contributed by atoms with Crippen molar-refractivity contribution in [2.45, 2.75) is 155 Å². The summed E-state index contributed by atoms with van der Waals surface area (Å²) in [4.78, 5) is 36.9. The van der Waals surface area contributed by atoms with Gasteiger partial charge < -0.3 is 14.6 Å². The highest BCUT2D eigenvalue weighted by Crippen LogP contribution is 2.15. The Balaban J connectivity index is 2.42. The van der Waals surface area contributed by atoms with Gasteiger partial charge in [0.15, 0.2) is 0 Å². The molecule has 0 aliphatic heterocycles. The number of esters is 2. The van der Waals surface area contributed by atoms with E-state index in [1.54, 1.807) is 12.1 Å². The van der Waals surface area contributed by atoms with E-state index >= 15 is 0 Å². The van der Waals surface area contributed by atoms with Crippen LogP contribution in [0.1, 0.15) is 171 Å². The van der Waals surface area contributed by atoms with Gasteiger partial charge in [-0.1, -0.05) is 154 Å². The van der Waals surface area contributed by atoms with Gasteiger partial charge in [0.1, 0.15) is 5.57 Å². The quantitative estimate of drug-likeness (QED) is 0.0338. The second kappa shape index (κ2) is 27.0. The van der Waals surface area contributed by atoms with Gasteiger partial charge in [0.2, 0.25) is 0 Å². The minimum Gasteiger partial charge on any atom is -0.478 e. The number of hydrogen-bond donors (Lipinski definition) is 1. The monoisotopic (exact) mass is 600 g/mol. The molecule has 0 saturated carbocycles. The summed E-state index contributed by atoms with van der Waals surface area (Å²) in [7, 11) is 0. The zero-order valence-electron chi connectivity index (χ0n) is 27.3. The van der Waals surface area contributed by atoms with E-state index in [1.807, 2.05) is 0 Å². The zero-order valence-corrected chi connectivity index (χ0v) is 27.3. The molecule has 0 amide bonds. The molecule has 0 fully saturated rings. The fourth-order valence-electron chi connectivity index (χ4n) is 5.11. The molecule has 1 aromatic carbocycles. The zero-order chi connectivity index (χ0) is 31.4. The van der Waals surface area contributed by atoms with Crippen molar-refractivity contribution >= 4 is 24.0 Å². The maximum Gasteiger partial charge on any atom is 0.345 e. The van der Waals surface area contributed by atoms with Gasteiger partial charge in [-0.3, -0.25) is 0 Å². The summed E-state index contributed by atoms with van der Waals surface area (Å²) in [5, 5.41) is 9.15. The lowest BCUT2D eigenvalue weighted by Crippen LogP contribution is -2.19. The molecule has 0 bridgehead atoms. The number of carbonyl (C=O) groups excluding carboxylic acids is 2. The van der Waals surface area contributed by atoms with Crippen LogP contribution in [-0.4, -0.2) is 36.2 Å². The number of unbranched alkanes of at least 4 members (excludes halogenated alkanes) is 20. The molecule has 0 aromatic heterocycles. The Hall–Kier alpha value is -2.63. The van der Waals surface area contributed by atoms with Crippen molar-refractivity contribution in [1.82, 2.24) is 0 Å². The number of carboxylic acids is 1. The van der Waals surface area contributed by atoms with Crippen molar-refractivity contribution in [3.8, 4) is 0 Å². The summed E-state index contributed by atoms with van der Waals surface area (Å²) in [6.45, 7) is 5.00. The van der Waals surface area contributed by atoms with Crippen molar-refractivity contribution in [1.29, 1.82) is 0 Å². The van der Waals surface area contributed by atoms with Gasteiger partial charge >= 0.3 is 17.9 Å². The molecule has 1 rings (SSSR count). The minimum absolute atomic E-state index is 0.136. The van der Waals surface area contributed by atoms with Gasteiger partial charge in [-0.05, 0) is 36.6 Å². The maximum atomic E-state index is 12.9. The minimum atomic E-state index is -1.03. The largest absolute Gasteiger partial charge is 0.478 e. The number of rotatable bonds is 28. The van der Waals surface area contributed by atoms with Crippen LogP contribution in [0.15, 0.2) is 29.8 Å². The van der Waals surface area contributed by atoms with Crippen LogP contribution in [0.25, 0.3) is 6.08 Å². The lowest BCUT2D eigenvalue weighted by molar-refractivity contribution is -0.147. The summed E-state index contributed by atoms with van der Waals surface area (Å²) in [6.07, 6.45) is 27.9. The Labute approximate surface area is 262 Å². The molecule has 0 spiro atoms. The van der Waals surface area contributed by atoms with Gasteiger partial charge in [0.05, 0.1) is 18.8 Å². The summed E-state index contributed by atoms with van der Waals surface area (Å²) in [5.74, 6) is -2.43. The van der Waals surface area contributed by atoms with Crippen molar-refractivity contribution in [2.24, 2.45) is 0 Å². The molecule has 43 heavy (non-hydrogen) atoms. The van der Waals surface area contributed by atoms with E-state index in [1.165, 1.54) is 121 Å². The first-order chi connectivity index (χ1) is 21.0. The van der Waals surface area contributed by atoms with Crippen LogP contribution >= 0.6 is 0 Å². The van der Waals surface area contributed by atoms with Crippen LogP contribution in [0, 0.1) is 0 Å². The first kappa shape index (κ1) is 38.4. The smallest absolute Gasteiger partial charge is 0.345 e. The second-order valence-corrected chi connectivity index (χ2v) is 11.8. The van der Waals surface area contributed by atoms with Gasteiger partial charge in [0.25, 0.3) is 0 Å². The molecule has 0 heterocycles. The molecule has 1 aromatic rings. The SMILES string of the molecule is CCCCCCCCCCCCCOC(=O)C(=Cc1ccc(C(=O)O)cc1)C(=O)OCCCCCCCCCCCCC. The fraction of sp³-hybridized carbons (Fsp3) is 0.703. The summed E-state index contributed by atoms with van der Waals surface area (Å²) < 4.78 is 10.9. The number of aromatic carboxylic acids is 1. The number of benzene rings is 1. The molecule has 0 unspecified atom stereocenters. The summed E-state index contributed by atoms with van der Waals surface area (Å²) in [6, 6.07) is 6.02. The highest BCUT2D eigenvalue weighted by molar-refractivity contribution is 6.17. The molecular formula is C37H60O6. The number of hydrogen-bond acceptors (Lipinski definition) is 5. The van der Waals surface area contributed by atoms with Crippen molar-refractivity contribution in [2.75, 3.05) is 13.2 Å². The number of ether oxygens (including phenoxy) is 2. The molecule has 0 saturated heterocycles. The standard InChI is InChI=1S/C37H60O6/c1-3-5-7-9-11-13-15-17-19-21-23-29-42-36(40)34(31-32-25-27-33(28-26-32)35(38)39)37(41)43-30-24-22-20-18-16-14-12-10-8-6-4-2/h25-28,31H,3-24,29-30H2,1-2H3,(H,38,39). The van der Waals surface area contributed by atoms with E-state index in [0.717, 1.165) is 38.5 Å². The van der Waals surface area contributed by atoms with Crippen molar-refractivity contribution < 1.29 is 29.0 Å². The van der Waals surface area contributed by atoms with E-state index in [4.69, 9.17) is 14.6 Å². The van der Waals surface area contributed by atoms with Crippen molar-refractivity contribution in [3.63, 3.8) is 0 Å². The Morgan fingerprint density at radius 2 is 0.860 bits per heavy atom. The van der Waals surface area contributed by atoms with Gasteiger partial charge in [-0.2, -0.15) is 0 Å². The first-order valence-electron chi connectivity index (χ1n) is 17.4.